The number of aryl methyl sites for hydroxylation is 2. The van der Waals surface area contributed by atoms with Gasteiger partial charge in [0, 0.05) is 6.07 Å². The van der Waals surface area contributed by atoms with Crippen LogP contribution in [0.1, 0.15) is 44.6 Å². The molecule has 5 heteroatoms. The number of benzene rings is 3. The summed E-state index contributed by atoms with van der Waals surface area (Å²) in [6.45, 7) is 0. The molecule has 32 heavy (non-hydrogen) atoms. The van der Waals surface area contributed by atoms with E-state index < -0.39 is 5.97 Å². The first-order chi connectivity index (χ1) is 15.5. The van der Waals surface area contributed by atoms with Crippen LogP contribution in [0, 0.1) is 5.82 Å². The molecule has 0 saturated heterocycles. The third kappa shape index (κ3) is 4.52. The van der Waals surface area contributed by atoms with Gasteiger partial charge in [-0.15, -0.1) is 0 Å². The SMILES string of the molecule is COc1cc(/C=C2\CCc3c(F)ccc(CCc4ccc(C(=O)O)cc4)c32)cc(OC)c1. The van der Waals surface area contributed by atoms with Gasteiger partial charge in [0.25, 0.3) is 0 Å². The highest BCUT2D eigenvalue weighted by Crippen LogP contribution is 2.39. The predicted octanol–water partition coefficient (Wildman–Crippen LogP) is 5.81. The normalized spacial score (nSPS) is 13.8. The van der Waals surface area contributed by atoms with Gasteiger partial charge in [-0.25, -0.2) is 9.18 Å². The second kappa shape index (κ2) is 9.27. The van der Waals surface area contributed by atoms with Crippen LogP contribution in [0.5, 0.6) is 11.5 Å². The van der Waals surface area contributed by atoms with Gasteiger partial charge in [0.1, 0.15) is 17.3 Å². The number of allylic oxidation sites excluding steroid dienone is 1. The van der Waals surface area contributed by atoms with E-state index in [4.69, 9.17) is 14.6 Å². The van der Waals surface area contributed by atoms with E-state index in [9.17, 15) is 9.18 Å². The number of fused-ring (bicyclic) bond motifs is 1. The van der Waals surface area contributed by atoms with Gasteiger partial charge in [0.15, 0.2) is 0 Å². The lowest BCUT2D eigenvalue weighted by molar-refractivity contribution is 0.0697. The monoisotopic (exact) mass is 432 g/mol. The van der Waals surface area contributed by atoms with Crippen LogP contribution in [0.3, 0.4) is 0 Å². The third-order valence-electron chi connectivity index (χ3n) is 5.91. The van der Waals surface area contributed by atoms with E-state index >= 15 is 0 Å². The predicted molar refractivity (Wildman–Crippen MR) is 123 cm³/mol. The summed E-state index contributed by atoms with van der Waals surface area (Å²) in [5, 5.41) is 9.07. The molecule has 0 amide bonds. The molecule has 4 nitrogen and oxygen atoms in total. The minimum absolute atomic E-state index is 0.166. The van der Waals surface area contributed by atoms with Crippen LogP contribution in [0.25, 0.3) is 11.6 Å². The van der Waals surface area contributed by atoms with Crippen molar-refractivity contribution in [2.45, 2.75) is 25.7 Å². The number of carboxylic acids is 1. The average molecular weight is 432 g/mol. The van der Waals surface area contributed by atoms with E-state index in [2.05, 4.69) is 6.08 Å². The number of carbonyl (C=O) groups is 1. The highest BCUT2D eigenvalue weighted by atomic mass is 19.1. The molecule has 1 aliphatic carbocycles. The number of hydrogen-bond donors (Lipinski definition) is 1. The molecule has 1 N–H and O–H groups in total. The van der Waals surface area contributed by atoms with E-state index in [0.717, 1.165) is 52.7 Å². The Morgan fingerprint density at radius 1 is 0.969 bits per heavy atom. The number of halogens is 1. The van der Waals surface area contributed by atoms with E-state index in [-0.39, 0.29) is 11.4 Å². The van der Waals surface area contributed by atoms with Crippen molar-refractivity contribution in [1.82, 2.24) is 0 Å². The number of aromatic carboxylic acids is 1. The first kappa shape index (κ1) is 21.6. The Labute approximate surface area is 186 Å². The van der Waals surface area contributed by atoms with Crippen molar-refractivity contribution >= 4 is 17.6 Å². The van der Waals surface area contributed by atoms with Gasteiger partial charge in [-0.1, -0.05) is 24.3 Å². The van der Waals surface area contributed by atoms with Crippen molar-refractivity contribution in [3.05, 3.63) is 93.8 Å². The summed E-state index contributed by atoms with van der Waals surface area (Å²) in [4.78, 5) is 11.1. The zero-order valence-corrected chi connectivity index (χ0v) is 18.2. The Morgan fingerprint density at radius 2 is 1.66 bits per heavy atom. The van der Waals surface area contributed by atoms with Crippen molar-refractivity contribution in [2.75, 3.05) is 14.2 Å². The van der Waals surface area contributed by atoms with E-state index in [1.165, 1.54) is 0 Å². The van der Waals surface area contributed by atoms with Crippen molar-refractivity contribution in [2.24, 2.45) is 0 Å². The Morgan fingerprint density at radius 3 is 2.28 bits per heavy atom. The first-order valence-corrected chi connectivity index (χ1v) is 10.5. The highest BCUT2D eigenvalue weighted by Gasteiger charge is 2.23. The number of ether oxygens (including phenoxy) is 2. The standard InChI is InChI=1S/C27H25FO4/c1-31-22-14-18(15-23(16-22)32-2)13-21-9-11-24-25(28)12-10-19(26(21)24)6-3-17-4-7-20(8-5-17)27(29)30/h4-5,7-8,10,12-16H,3,6,9,11H2,1-2H3,(H,29,30)/b21-13+. The minimum Gasteiger partial charge on any atom is -0.497 e. The summed E-state index contributed by atoms with van der Waals surface area (Å²) in [6.07, 6.45) is 5.03. The van der Waals surface area contributed by atoms with Crippen LogP contribution < -0.4 is 9.47 Å². The lowest BCUT2D eigenvalue weighted by atomic mass is 9.94. The number of methoxy groups -OCH3 is 2. The Balaban J connectivity index is 1.64. The van der Waals surface area contributed by atoms with E-state index in [1.807, 2.05) is 36.4 Å². The van der Waals surface area contributed by atoms with Crippen LogP contribution >= 0.6 is 0 Å². The molecular formula is C27H25FO4. The molecular weight excluding hydrogens is 407 g/mol. The second-order valence-electron chi connectivity index (χ2n) is 7.88. The van der Waals surface area contributed by atoms with Crippen molar-refractivity contribution in [1.29, 1.82) is 0 Å². The van der Waals surface area contributed by atoms with Gasteiger partial charge in [0.2, 0.25) is 0 Å². The Kier molecular flexibility index (Phi) is 6.26. The topological polar surface area (TPSA) is 55.8 Å². The maximum Gasteiger partial charge on any atom is 0.335 e. The summed E-state index contributed by atoms with van der Waals surface area (Å²) in [6, 6.07) is 16.0. The maximum absolute atomic E-state index is 14.6. The molecule has 0 radical (unpaired) electrons. The lowest BCUT2D eigenvalue weighted by Gasteiger charge is -2.12. The second-order valence-corrected chi connectivity index (χ2v) is 7.88. The summed E-state index contributed by atoms with van der Waals surface area (Å²) in [5.74, 6) is 0.315. The van der Waals surface area contributed by atoms with Gasteiger partial charge in [-0.3, -0.25) is 0 Å². The quantitative estimate of drug-likeness (QED) is 0.512. The summed E-state index contributed by atoms with van der Waals surface area (Å²) in [5.41, 5.74) is 6.24. The van der Waals surface area contributed by atoms with Crippen molar-refractivity contribution < 1.29 is 23.8 Å². The fourth-order valence-corrected chi connectivity index (χ4v) is 4.26. The van der Waals surface area contributed by atoms with Gasteiger partial charge in [0.05, 0.1) is 19.8 Å². The van der Waals surface area contributed by atoms with E-state index in [0.29, 0.717) is 17.9 Å². The number of carboxylic acid groups (broad SMARTS) is 1. The summed E-state index contributed by atoms with van der Waals surface area (Å²) >= 11 is 0. The molecule has 1 aliphatic rings. The first-order valence-electron chi connectivity index (χ1n) is 10.5. The fourth-order valence-electron chi connectivity index (χ4n) is 4.26. The zero-order valence-electron chi connectivity index (χ0n) is 18.2. The molecule has 4 rings (SSSR count). The van der Waals surface area contributed by atoms with Gasteiger partial charge in [-0.05, 0) is 89.4 Å². The zero-order chi connectivity index (χ0) is 22.7. The molecule has 0 unspecified atom stereocenters. The average Bonchev–Trinajstić information content (AvgIpc) is 3.23. The molecule has 0 aromatic heterocycles. The lowest BCUT2D eigenvalue weighted by Crippen LogP contribution is -2.00. The van der Waals surface area contributed by atoms with Crippen LogP contribution in [-0.2, 0) is 19.3 Å². The van der Waals surface area contributed by atoms with Crippen LogP contribution in [0.15, 0.2) is 54.6 Å². The van der Waals surface area contributed by atoms with Crippen LogP contribution in [0.4, 0.5) is 4.39 Å². The molecule has 0 bridgehead atoms. The maximum atomic E-state index is 14.6. The molecule has 0 heterocycles. The summed E-state index contributed by atoms with van der Waals surface area (Å²) < 4.78 is 25.3. The van der Waals surface area contributed by atoms with E-state index in [1.54, 1.807) is 32.4 Å². The highest BCUT2D eigenvalue weighted by molar-refractivity contribution is 5.88. The molecule has 0 spiro atoms. The van der Waals surface area contributed by atoms with Crippen molar-refractivity contribution in [3.63, 3.8) is 0 Å². The third-order valence-corrected chi connectivity index (χ3v) is 5.91. The molecule has 0 aliphatic heterocycles. The van der Waals surface area contributed by atoms with Crippen LogP contribution in [0.2, 0.25) is 0 Å². The molecule has 0 saturated carbocycles. The van der Waals surface area contributed by atoms with Crippen LogP contribution in [-0.4, -0.2) is 25.3 Å². The Bertz CT molecular complexity index is 1160. The Hall–Kier alpha value is -3.60. The molecule has 3 aromatic rings. The van der Waals surface area contributed by atoms with Crippen molar-refractivity contribution in [3.8, 4) is 11.5 Å². The molecule has 3 aromatic carbocycles. The number of rotatable bonds is 7. The minimum atomic E-state index is -0.933. The number of hydrogen-bond acceptors (Lipinski definition) is 3. The molecule has 0 fully saturated rings. The van der Waals surface area contributed by atoms with Gasteiger partial charge >= 0.3 is 5.97 Å². The molecule has 0 atom stereocenters. The largest absolute Gasteiger partial charge is 0.497 e. The van der Waals surface area contributed by atoms with Gasteiger partial charge < -0.3 is 14.6 Å². The van der Waals surface area contributed by atoms with Gasteiger partial charge in [-0.2, -0.15) is 0 Å². The molecule has 164 valence electrons. The summed E-state index contributed by atoms with van der Waals surface area (Å²) in [7, 11) is 3.24. The fraction of sp³-hybridized carbons (Fsp3) is 0.222. The smallest absolute Gasteiger partial charge is 0.335 e.